The molecule has 0 aromatic heterocycles. The second-order valence-corrected chi connectivity index (χ2v) is 6.01. The summed E-state index contributed by atoms with van der Waals surface area (Å²) in [5.74, 6) is 0. The van der Waals surface area contributed by atoms with Crippen LogP contribution in [0.4, 0.5) is 0 Å². The number of hydrogen-bond donors (Lipinski definition) is 0. The van der Waals surface area contributed by atoms with E-state index in [-0.39, 0.29) is 0 Å². The zero-order valence-corrected chi connectivity index (χ0v) is 12.1. The second kappa shape index (κ2) is 3.36. The van der Waals surface area contributed by atoms with Gasteiger partial charge in [-0.05, 0) is 0 Å². The fourth-order valence-corrected chi connectivity index (χ4v) is 3.80. The molecule has 0 saturated heterocycles. The minimum absolute atomic E-state index is 1.35. The molecule has 1 heteroatoms. The summed E-state index contributed by atoms with van der Waals surface area (Å²) in [7, 11) is 0. The van der Waals surface area contributed by atoms with Gasteiger partial charge in [-0.1, -0.05) is 0 Å². The van der Waals surface area contributed by atoms with Gasteiger partial charge in [0, 0.05) is 0 Å². The molecule has 4 aromatic rings. The molecule has 0 nitrogen and oxygen atoms in total. The van der Waals surface area contributed by atoms with Gasteiger partial charge in [-0.2, -0.15) is 0 Å². The molecule has 0 aliphatic rings. The van der Waals surface area contributed by atoms with E-state index in [1.54, 1.807) is 0 Å². The fourth-order valence-electron chi connectivity index (χ4n) is 2.76. The molecular formula is C16H9Sn. The van der Waals surface area contributed by atoms with E-state index in [1.807, 2.05) is 0 Å². The van der Waals surface area contributed by atoms with Crippen LogP contribution in [-0.2, 0) is 0 Å². The summed E-state index contributed by atoms with van der Waals surface area (Å²) in [5, 5.41) is 8.36. The van der Waals surface area contributed by atoms with Crippen LogP contribution in [0, 0.1) is 0 Å². The zero-order chi connectivity index (χ0) is 11.4. The quantitative estimate of drug-likeness (QED) is 0.344. The van der Waals surface area contributed by atoms with E-state index in [9.17, 15) is 0 Å². The monoisotopic (exact) mass is 321 g/mol. The summed E-state index contributed by atoms with van der Waals surface area (Å²) >= 11 is 1.49. The van der Waals surface area contributed by atoms with Crippen LogP contribution in [0.1, 0.15) is 0 Å². The number of benzene rings is 4. The number of rotatable bonds is 0. The Morgan fingerprint density at radius 3 is 2.12 bits per heavy atom. The van der Waals surface area contributed by atoms with Crippen LogP contribution in [0.25, 0.3) is 32.3 Å². The molecule has 0 spiro atoms. The summed E-state index contributed by atoms with van der Waals surface area (Å²) in [5.41, 5.74) is 0. The molecule has 0 aliphatic carbocycles. The molecule has 77 valence electrons. The Morgan fingerprint density at radius 1 is 0.647 bits per heavy atom. The Balaban J connectivity index is 2.50. The predicted octanol–water partition coefficient (Wildman–Crippen LogP) is 3.38. The van der Waals surface area contributed by atoms with Gasteiger partial charge in [-0.15, -0.1) is 0 Å². The minimum atomic E-state index is 1.35. The van der Waals surface area contributed by atoms with Gasteiger partial charge >= 0.3 is 113 Å². The molecule has 0 unspecified atom stereocenters. The van der Waals surface area contributed by atoms with Crippen molar-refractivity contribution in [2.24, 2.45) is 0 Å². The Hall–Kier alpha value is -1.28. The van der Waals surface area contributed by atoms with Gasteiger partial charge in [0.1, 0.15) is 0 Å². The third-order valence-electron chi connectivity index (χ3n) is 3.51. The van der Waals surface area contributed by atoms with Gasteiger partial charge in [-0.3, -0.25) is 0 Å². The van der Waals surface area contributed by atoms with Gasteiger partial charge in [0.15, 0.2) is 0 Å². The summed E-state index contributed by atoms with van der Waals surface area (Å²) < 4.78 is 1.45. The van der Waals surface area contributed by atoms with Crippen molar-refractivity contribution in [3.05, 3.63) is 54.6 Å². The van der Waals surface area contributed by atoms with Crippen LogP contribution in [-0.4, -0.2) is 22.5 Å². The Bertz CT molecular complexity index is 846. The van der Waals surface area contributed by atoms with Crippen molar-refractivity contribution in [1.29, 1.82) is 0 Å². The van der Waals surface area contributed by atoms with Crippen LogP contribution >= 0.6 is 0 Å². The molecule has 0 atom stereocenters. The summed E-state index contributed by atoms with van der Waals surface area (Å²) in [4.78, 5) is 0. The molecular weight excluding hydrogens is 311 g/mol. The van der Waals surface area contributed by atoms with Crippen LogP contribution in [0.3, 0.4) is 0 Å². The van der Waals surface area contributed by atoms with E-state index >= 15 is 0 Å². The molecule has 0 aliphatic heterocycles. The van der Waals surface area contributed by atoms with Gasteiger partial charge in [0.2, 0.25) is 0 Å². The van der Waals surface area contributed by atoms with Gasteiger partial charge in [-0.25, -0.2) is 0 Å². The van der Waals surface area contributed by atoms with Crippen molar-refractivity contribution in [3.63, 3.8) is 0 Å². The predicted molar refractivity (Wildman–Crippen MR) is 75.5 cm³/mol. The van der Waals surface area contributed by atoms with Crippen LogP contribution in [0.15, 0.2) is 54.6 Å². The maximum atomic E-state index is 2.34. The van der Waals surface area contributed by atoms with Crippen LogP contribution in [0.2, 0.25) is 0 Å². The maximum absolute atomic E-state index is 2.34. The van der Waals surface area contributed by atoms with Gasteiger partial charge < -0.3 is 0 Å². The first kappa shape index (κ1) is 9.72. The van der Waals surface area contributed by atoms with Crippen molar-refractivity contribution >= 4 is 58.4 Å². The van der Waals surface area contributed by atoms with Crippen molar-refractivity contribution in [1.82, 2.24) is 0 Å². The molecule has 17 heavy (non-hydrogen) atoms. The molecule has 0 fully saturated rings. The average molecular weight is 320 g/mol. The van der Waals surface area contributed by atoms with Crippen molar-refractivity contribution in [3.8, 4) is 0 Å². The van der Waals surface area contributed by atoms with E-state index < -0.39 is 0 Å². The molecule has 0 N–H and O–H groups in total. The first-order valence-electron chi connectivity index (χ1n) is 5.73. The second-order valence-electron chi connectivity index (χ2n) is 4.47. The van der Waals surface area contributed by atoms with Gasteiger partial charge in [0.25, 0.3) is 0 Å². The molecule has 3 radical (unpaired) electrons. The SMILES string of the molecule is [Sn][c]1cc2cccc3ccc4cccc1c4c32. The Labute approximate surface area is 113 Å². The van der Waals surface area contributed by atoms with Crippen molar-refractivity contribution < 1.29 is 0 Å². The topological polar surface area (TPSA) is 0 Å². The summed E-state index contributed by atoms with van der Waals surface area (Å²) in [6, 6.07) is 20.0. The van der Waals surface area contributed by atoms with E-state index in [0.29, 0.717) is 0 Å². The van der Waals surface area contributed by atoms with Gasteiger partial charge in [0.05, 0.1) is 0 Å². The summed E-state index contributed by atoms with van der Waals surface area (Å²) in [6.07, 6.45) is 0. The van der Waals surface area contributed by atoms with Crippen LogP contribution in [0.5, 0.6) is 0 Å². The van der Waals surface area contributed by atoms with Crippen LogP contribution < -0.4 is 3.58 Å². The standard InChI is InChI=1S/C16H9.Sn/c1-3-11-7-9-13-5-2-6-14-10-8-12(4-1)15(11)16(13)14;/h1-9H;. The Morgan fingerprint density at radius 2 is 1.29 bits per heavy atom. The third kappa shape index (κ3) is 1.25. The first-order valence-corrected chi connectivity index (χ1v) is 7.15. The van der Waals surface area contributed by atoms with E-state index in [1.165, 1.54) is 58.4 Å². The van der Waals surface area contributed by atoms with E-state index in [2.05, 4.69) is 54.6 Å². The van der Waals surface area contributed by atoms with Crippen molar-refractivity contribution in [2.45, 2.75) is 0 Å². The Kier molecular flexibility index (Phi) is 1.92. The first-order chi connectivity index (χ1) is 8.34. The molecule has 0 saturated carbocycles. The fraction of sp³-hybridized carbons (Fsp3) is 0. The third-order valence-corrected chi connectivity index (χ3v) is 4.69. The molecule has 4 aromatic carbocycles. The average Bonchev–Trinajstić information content (AvgIpc) is 2.37. The van der Waals surface area contributed by atoms with E-state index in [0.717, 1.165) is 0 Å². The molecule has 0 heterocycles. The molecule has 4 rings (SSSR count). The molecule has 0 amide bonds. The normalized spacial score (nSPS) is 11.8. The van der Waals surface area contributed by atoms with Crippen molar-refractivity contribution in [2.75, 3.05) is 0 Å². The van der Waals surface area contributed by atoms with E-state index in [4.69, 9.17) is 0 Å². The summed E-state index contributed by atoms with van der Waals surface area (Å²) in [6.45, 7) is 0. The molecule has 0 bridgehead atoms. The zero-order valence-electron chi connectivity index (χ0n) is 9.20. The number of hydrogen-bond acceptors (Lipinski definition) is 0.